The van der Waals surface area contributed by atoms with E-state index in [1.807, 2.05) is 6.20 Å². The van der Waals surface area contributed by atoms with Crippen molar-refractivity contribution in [3.63, 3.8) is 0 Å². The van der Waals surface area contributed by atoms with Crippen LogP contribution in [0.1, 0.15) is 29.6 Å². The van der Waals surface area contributed by atoms with E-state index in [0.717, 1.165) is 49.6 Å². The predicted molar refractivity (Wildman–Crippen MR) is 77.2 cm³/mol. The number of imidazole rings is 1. The Kier molecular flexibility index (Phi) is 2.98. The fourth-order valence-corrected chi connectivity index (χ4v) is 3.12. The van der Waals surface area contributed by atoms with E-state index in [9.17, 15) is 0 Å². The zero-order valence-electron chi connectivity index (χ0n) is 11.6. The number of fused-ring (bicyclic) bond motifs is 1. The Labute approximate surface area is 122 Å². The summed E-state index contributed by atoms with van der Waals surface area (Å²) in [4.78, 5) is 14.3. The molecule has 0 radical (unpaired) electrons. The van der Waals surface area contributed by atoms with Crippen LogP contribution in [-0.4, -0.2) is 46.0 Å². The van der Waals surface area contributed by atoms with Crippen LogP contribution in [0.3, 0.4) is 0 Å². The first-order valence-corrected chi connectivity index (χ1v) is 7.29. The molecule has 0 aromatic carbocycles. The number of pyridine rings is 1. The predicted octanol–water partition coefficient (Wildman–Crippen LogP) is 0.420. The van der Waals surface area contributed by atoms with Crippen molar-refractivity contribution in [2.45, 2.75) is 18.3 Å². The summed E-state index contributed by atoms with van der Waals surface area (Å²) >= 11 is 0. The molecule has 0 amide bonds. The molecule has 0 bridgehead atoms. The van der Waals surface area contributed by atoms with Gasteiger partial charge in [-0.2, -0.15) is 5.26 Å². The monoisotopic (exact) mass is 283 g/mol. The Bertz CT molecular complexity index is 695. The van der Waals surface area contributed by atoms with E-state index in [-0.39, 0.29) is 0 Å². The number of nitrogens with one attached hydrogen (secondary N) is 3. The number of aromatic nitrogens is 3. The maximum Gasteiger partial charge on any atom is 0.179 e. The molecule has 2 aromatic heterocycles. The van der Waals surface area contributed by atoms with Crippen LogP contribution in [-0.2, 0) is 0 Å². The number of hydrazine groups is 1. The number of rotatable bonds is 2. The van der Waals surface area contributed by atoms with Gasteiger partial charge >= 0.3 is 0 Å². The molecule has 0 aliphatic carbocycles. The maximum atomic E-state index is 8.95. The molecule has 0 saturated carbocycles. The molecule has 2 aromatic rings. The van der Waals surface area contributed by atoms with Crippen LogP contribution in [0.5, 0.6) is 0 Å². The molecule has 0 spiro atoms. The molecule has 4 heterocycles. The largest absolute Gasteiger partial charge is 0.340 e. The highest BCUT2D eigenvalue weighted by Crippen LogP contribution is 2.27. The van der Waals surface area contributed by atoms with Crippen LogP contribution < -0.4 is 10.9 Å². The Morgan fingerprint density at radius 1 is 1.29 bits per heavy atom. The van der Waals surface area contributed by atoms with Crippen molar-refractivity contribution in [1.29, 1.82) is 5.26 Å². The molecule has 7 nitrogen and oxygen atoms in total. The highest BCUT2D eigenvalue weighted by Gasteiger charge is 2.26. The summed E-state index contributed by atoms with van der Waals surface area (Å²) in [6.07, 6.45) is 5.09. The van der Waals surface area contributed by atoms with Gasteiger partial charge in [0, 0.05) is 44.2 Å². The van der Waals surface area contributed by atoms with E-state index in [2.05, 4.69) is 38.1 Å². The number of aromatic amines is 1. The molecule has 1 atom stereocenters. The van der Waals surface area contributed by atoms with Gasteiger partial charge < -0.3 is 9.88 Å². The van der Waals surface area contributed by atoms with Crippen LogP contribution in [0, 0.1) is 11.5 Å². The minimum absolute atomic E-state index is 0.303. The van der Waals surface area contributed by atoms with Crippen LogP contribution in [0.2, 0.25) is 0 Å². The van der Waals surface area contributed by atoms with Crippen molar-refractivity contribution in [1.82, 2.24) is 30.7 Å². The third-order valence-electron chi connectivity index (χ3n) is 4.39. The van der Waals surface area contributed by atoms with Gasteiger partial charge in [0.05, 0.1) is 5.52 Å². The van der Waals surface area contributed by atoms with Crippen LogP contribution in [0.4, 0.5) is 0 Å². The van der Waals surface area contributed by atoms with Gasteiger partial charge in [-0.15, -0.1) is 0 Å². The van der Waals surface area contributed by atoms with E-state index >= 15 is 0 Å². The molecule has 2 aliphatic heterocycles. The van der Waals surface area contributed by atoms with E-state index in [0.29, 0.717) is 11.8 Å². The summed E-state index contributed by atoms with van der Waals surface area (Å²) < 4.78 is 0. The van der Waals surface area contributed by atoms with Crippen LogP contribution in [0.25, 0.3) is 11.2 Å². The van der Waals surface area contributed by atoms with Crippen LogP contribution >= 0.6 is 0 Å². The summed E-state index contributed by atoms with van der Waals surface area (Å²) in [5.41, 5.74) is 9.26. The smallest absolute Gasteiger partial charge is 0.179 e. The lowest BCUT2D eigenvalue weighted by atomic mass is 10.0. The summed E-state index contributed by atoms with van der Waals surface area (Å²) in [5, 5.41) is 8.95. The average molecular weight is 283 g/mol. The molecular weight excluding hydrogens is 266 g/mol. The highest BCUT2D eigenvalue weighted by atomic mass is 15.4. The molecule has 108 valence electrons. The summed E-state index contributed by atoms with van der Waals surface area (Å²) in [5.74, 6) is 1.71. The summed E-state index contributed by atoms with van der Waals surface area (Å²) in [6, 6.07) is 2.15. The van der Waals surface area contributed by atoms with Crippen molar-refractivity contribution >= 4 is 11.2 Å². The van der Waals surface area contributed by atoms with Gasteiger partial charge in [0.25, 0.3) is 0 Å². The Morgan fingerprint density at radius 3 is 2.90 bits per heavy atom. The molecule has 3 N–H and O–H groups in total. The Morgan fingerprint density at radius 2 is 2.14 bits per heavy atom. The molecular formula is C14H17N7. The van der Waals surface area contributed by atoms with E-state index in [4.69, 9.17) is 5.26 Å². The number of hydrogen-bond donors (Lipinski definition) is 3. The standard InChI is InChI=1S/C14H17N7/c15-8-21-2-1-9(7-21)13-19-12-3-10(4-16-14(12)20-13)11-5-17-18-6-11/h3-4,9,11,17-18H,1-2,5-7H2,(H,16,19,20). The Balaban J connectivity index is 1.62. The fraction of sp³-hybridized carbons (Fsp3) is 0.500. The lowest BCUT2D eigenvalue weighted by Gasteiger charge is -2.06. The normalized spacial score (nSPS) is 23.0. The number of H-pyrrole nitrogens is 1. The molecule has 4 rings (SSSR count). The minimum atomic E-state index is 0.303. The van der Waals surface area contributed by atoms with E-state index < -0.39 is 0 Å². The second kappa shape index (κ2) is 4.98. The number of nitrogens with zero attached hydrogens (tertiary/aromatic N) is 4. The third kappa shape index (κ3) is 2.22. The molecule has 1 unspecified atom stereocenters. The van der Waals surface area contributed by atoms with Crippen LogP contribution in [0.15, 0.2) is 12.3 Å². The molecule has 2 fully saturated rings. The van der Waals surface area contributed by atoms with Gasteiger partial charge in [-0.3, -0.25) is 10.9 Å². The lowest BCUT2D eigenvalue weighted by molar-refractivity contribution is 0.477. The second-order valence-corrected chi connectivity index (χ2v) is 5.75. The average Bonchev–Trinajstić information content (AvgIpc) is 3.24. The molecule has 2 aliphatic rings. The highest BCUT2D eigenvalue weighted by molar-refractivity contribution is 5.71. The second-order valence-electron chi connectivity index (χ2n) is 5.75. The third-order valence-corrected chi connectivity index (χ3v) is 4.39. The summed E-state index contributed by atoms with van der Waals surface area (Å²) in [6.45, 7) is 3.41. The van der Waals surface area contributed by atoms with Gasteiger partial charge in [-0.05, 0) is 18.1 Å². The first-order chi connectivity index (χ1) is 10.3. The zero-order chi connectivity index (χ0) is 14.2. The Hall–Kier alpha value is -2.17. The van der Waals surface area contributed by atoms with Gasteiger partial charge in [0.2, 0.25) is 0 Å². The van der Waals surface area contributed by atoms with Crippen molar-refractivity contribution < 1.29 is 0 Å². The van der Waals surface area contributed by atoms with E-state index in [1.165, 1.54) is 5.56 Å². The molecule has 7 heteroatoms. The number of nitriles is 1. The molecule has 2 saturated heterocycles. The lowest BCUT2D eigenvalue weighted by Crippen LogP contribution is -2.21. The van der Waals surface area contributed by atoms with Gasteiger partial charge in [-0.1, -0.05) is 0 Å². The van der Waals surface area contributed by atoms with E-state index in [1.54, 1.807) is 4.90 Å². The van der Waals surface area contributed by atoms with Crippen molar-refractivity contribution in [3.8, 4) is 6.19 Å². The topological polar surface area (TPSA) is 92.7 Å². The number of hydrogen-bond acceptors (Lipinski definition) is 6. The zero-order valence-corrected chi connectivity index (χ0v) is 11.6. The SMILES string of the molecule is N#CN1CCC(c2nc3ncc(C4CNNC4)cc3[nH]2)C1. The molecule has 21 heavy (non-hydrogen) atoms. The van der Waals surface area contributed by atoms with Gasteiger partial charge in [0.15, 0.2) is 11.8 Å². The first kappa shape index (κ1) is 12.6. The van der Waals surface area contributed by atoms with Gasteiger partial charge in [-0.25, -0.2) is 9.97 Å². The van der Waals surface area contributed by atoms with Crippen molar-refractivity contribution in [2.24, 2.45) is 0 Å². The summed E-state index contributed by atoms with van der Waals surface area (Å²) in [7, 11) is 0. The fourth-order valence-electron chi connectivity index (χ4n) is 3.12. The van der Waals surface area contributed by atoms with Gasteiger partial charge in [0.1, 0.15) is 5.82 Å². The van der Waals surface area contributed by atoms with Crippen molar-refractivity contribution in [2.75, 3.05) is 26.2 Å². The minimum Gasteiger partial charge on any atom is -0.340 e. The van der Waals surface area contributed by atoms with Crippen molar-refractivity contribution in [3.05, 3.63) is 23.7 Å². The quantitative estimate of drug-likeness (QED) is 0.692. The number of likely N-dealkylation sites (tertiary alicyclic amines) is 1. The maximum absolute atomic E-state index is 8.95. The first-order valence-electron chi connectivity index (χ1n) is 7.29.